The van der Waals surface area contributed by atoms with Crippen molar-refractivity contribution >= 4 is 12.1 Å². The van der Waals surface area contributed by atoms with E-state index in [2.05, 4.69) is 17.0 Å². The zero-order valence-corrected chi connectivity index (χ0v) is 11.8. The molecule has 0 spiro atoms. The molecule has 0 saturated carbocycles. The SMILES string of the molecule is CCCCCCC(C(=O)OC)C(C)NC(=O)OC. The topological polar surface area (TPSA) is 64.6 Å². The summed E-state index contributed by atoms with van der Waals surface area (Å²) in [6, 6.07) is -0.286. The fourth-order valence-corrected chi connectivity index (χ4v) is 1.86. The maximum Gasteiger partial charge on any atom is 0.407 e. The zero-order valence-electron chi connectivity index (χ0n) is 11.8. The fraction of sp³-hybridized carbons (Fsp3) is 0.846. The molecule has 5 nitrogen and oxygen atoms in total. The second-order valence-electron chi connectivity index (χ2n) is 4.40. The van der Waals surface area contributed by atoms with Crippen molar-refractivity contribution in [3.05, 3.63) is 0 Å². The van der Waals surface area contributed by atoms with Gasteiger partial charge in [0.05, 0.1) is 20.1 Å². The molecule has 0 fully saturated rings. The molecule has 0 aromatic heterocycles. The molecule has 0 aromatic carbocycles. The molecule has 0 radical (unpaired) electrons. The largest absolute Gasteiger partial charge is 0.469 e. The van der Waals surface area contributed by atoms with Gasteiger partial charge in [-0.25, -0.2) is 4.79 Å². The standard InChI is InChI=1S/C13H25NO4/c1-5-6-7-8-9-11(12(15)17-3)10(2)14-13(16)18-4/h10-11H,5-9H2,1-4H3,(H,14,16). The Morgan fingerprint density at radius 1 is 1.11 bits per heavy atom. The molecule has 0 aliphatic heterocycles. The first-order chi connectivity index (χ1) is 8.56. The van der Waals surface area contributed by atoms with Gasteiger partial charge in [0.2, 0.25) is 0 Å². The lowest BCUT2D eigenvalue weighted by molar-refractivity contribution is -0.146. The van der Waals surface area contributed by atoms with Gasteiger partial charge in [0, 0.05) is 6.04 Å². The summed E-state index contributed by atoms with van der Waals surface area (Å²) in [4.78, 5) is 22.8. The van der Waals surface area contributed by atoms with Crippen LogP contribution < -0.4 is 5.32 Å². The third kappa shape index (κ3) is 6.47. The first-order valence-corrected chi connectivity index (χ1v) is 6.49. The van der Waals surface area contributed by atoms with Crippen LogP contribution in [0, 0.1) is 5.92 Å². The van der Waals surface area contributed by atoms with Crippen LogP contribution in [0.3, 0.4) is 0 Å². The Kier molecular flexibility index (Phi) is 9.06. The Morgan fingerprint density at radius 3 is 2.28 bits per heavy atom. The van der Waals surface area contributed by atoms with Gasteiger partial charge in [0.25, 0.3) is 0 Å². The van der Waals surface area contributed by atoms with Crippen molar-refractivity contribution in [2.75, 3.05) is 14.2 Å². The minimum atomic E-state index is -0.523. The molecular weight excluding hydrogens is 234 g/mol. The van der Waals surface area contributed by atoms with Crippen LogP contribution in [0.15, 0.2) is 0 Å². The van der Waals surface area contributed by atoms with Crippen LogP contribution >= 0.6 is 0 Å². The molecule has 1 N–H and O–H groups in total. The van der Waals surface area contributed by atoms with E-state index in [4.69, 9.17) is 4.74 Å². The Balaban J connectivity index is 4.29. The summed E-state index contributed by atoms with van der Waals surface area (Å²) < 4.78 is 9.30. The lowest BCUT2D eigenvalue weighted by atomic mass is 9.94. The number of esters is 1. The van der Waals surface area contributed by atoms with Crippen molar-refractivity contribution in [3.63, 3.8) is 0 Å². The number of hydrogen-bond donors (Lipinski definition) is 1. The number of carbonyl (C=O) groups is 2. The number of unbranched alkanes of at least 4 members (excludes halogenated alkanes) is 3. The lowest BCUT2D eigenvalue weighted by Gasteiger charge is -2.22. The molecule has 2 unspecified atom stereocenters. The average molecular weight is 259 g/mol. The van der Waals surface area contributed by atoms with E-state index in [1.54, 1.807) is 6.92 Å². The van der Waals surface area contributed by atoms with Crippen molar-refractivity contribution in [1.29, 1.82) is 0 Å². The van der Waals surface area contributed by atoms with E-state index < -0.39 is 6.09 Å². The summed E-state index contributed by atoms with van der Waals surface area (Å²) in [7, 11) is 2.67. The van der Waals surface area contributed by atoms with Crippen LogP contribution in [0.1, 0.15) is 46.0 Å². The van der Waals surface area contributed by atoms with Crippen molar-refractivity contribution in [2.24, 2.45) is 5.92 Å². The van der Waals surface area contributed by atoms with Gasteiger partial charge in [0.15, 0.2) is 0 Å². The van der Waals surface area contributed by atoms with Gasteiger partial charge in [-0.1, -0.05) is 32.6 Å². The number of ether oxygens (including phenoxy) is 2. The number of rotatable bonds is 8. The van der Waals surface area contributed by atoms with Crippen molar-refractivity contribution in [1.82, 2.24) is 5.32 Å². The Morgan fingerprint density at radius 2 is 1.78 bits per heavy atom. The number of alkyl carbamates (subject to hydrolysis) is 1. The quantitative estimate of drug-likeness (QED) is 0.537. The highest BCUT2D eigenvalue weighted by molar-refractivity contribution is 5.74. The summed E-state index contributed by atoms with van der Waals surface area (Å²) in [6.07, 6.45) is 4.56. The van der Waals surface area contributed by atoms with Gasteiger partial charge in [-0.3, -0.25) is 4.79 Å². The van der Waals surface area contributed by atoms with E-state index in [1.807, 2.05) is 0 Å². The van der Waals surface area contributed by atoms with E-state index in [0.717, 1.165) is 32.1 Å². The number of carbonyl (C=O) groups excluding carboxylic acids is 2. The Bertz CT molecular complexity index is 255. The molecule has 18 heavy (non-hydrogen) atoms. The predicted molar refractivity (Wildman–Crippen MR) is 69.3 cm³/mol. The third-order valence-corrected chi connectivity index (χ3v) is 3.01. The van der Waals surface area contributed by atoms with Gasteiger partial charge in [-0.15, -0.1) is 0 Å². The van der Waals surface area contributed by atoms with Crippen LogP contribution in [0.2, 0.25) is 0 Å². The van der Waals surface area contributed by atoms with Crippen LogP contribution in [-0.4, -0.2) is 32.3 Å². The first-order valence-electron chi connectivity index (χ1n) is 6.49. The summed E-state index contributed by atoms with van der Waals surface area (Å²) in [5.74, 6) is -0.596. The molecule has 1 amide bonds. The molecular formula is C13H25NO4. The zero-order chi connectivity index (χ0) is 14.0. The van der Waals surface area contributed by atoms with Crippen LogP contribution in [-0.2, 0) is 14.3 Å². The number of methoxy groups -OCH3 is 2. The first kappa shape index (κ1) is 16.7. The van der Waals surface area contributed by atoms with Crippen molar-refractivity contribution in [3.8, 4) is 0 Å². The minimum absolute atomic E-state index is 0.282. The molecule has 106 valence electrons. The molecule has 0 rings (SSSR count). The lowest BCUT2D eigenvalue weighted by Crippen LogP contribution is -2.41. The molecule has 0 aromatic rings. The van der Waals surface area contributed by atoms with E-state index in [9.17, 15) is 9.59 Å². The second-order valence-corrected chi connectivity index (χ2v) is 4.40. The maximum atomic E-state index is 11.7. The van der Waals surface area contributed by atoms with E-state index >= 15 is 0 Å². The predicted octanol–water partition coefficient (Wildman–Crippen LogP) is 2.49. The van der Waals surface area contributed by atoms with Gasteiger partial charge < -0.3 is 14.8 Å². The van der Waals surface area contributed by atoms with Gasteiger partial charge in [-0.05, 0) is 13.3 Å². The highest BCUT2D eigenvalue weighted by Crippen LogP contribution is 2.16. The van der Waals surface area contributed by atoms with Crippen molar-refractivity contribution in [2.45, 2.75) is 52.0 Å². The normalized spacial score (nSPS) is 13.6. The molecule has 0 saturated heterocycles. The molecule has 0 heterocycles. The number of nitrogens with one attached hydrogen (secondary N) is 1. The van der Waals surface area contributed by atoms with Gasteiger partial charge in [-0.2, -0.15) is 0 Å². The van der Waals surface area contributed by atoms with E-state index in [-0.39, 0.29) is 17.9 Å². The summed E-state index contributed by atoms with van der Waals surface area (Å²) in [6.45, 7) is 3.93. The van der Waals surface area contributed by atoms with E-state index in [1.165, 1.54) is 14.2 Å². The smallest absolute Gasteiger partial charge is 0.407 e. The highest BCUT2D eigenvalue weighted by Gasteiger charge is 2.26. The average Bonchev–Trinajstić information content (AvgIpc) is 2.37. The van der Waals surface area contributed by atoms with Crippen molar-refractivity contribution < 1.29 is 19.1 Å². The maximum absolute atomic E-state index is 11.7. The van der Waals surface area contributed by atoms with Crippen LogP contribution in [0.4, 0.5) is 4.79 Å². The Labute approximate surface area is 109 Å². The summed E-state index contributed by atoms with van der Waals surface area (Å²) >= 11 is 0. The molecule has 0 aliphatic rings. The third-order valence-electron chi connectivity index (χ3n) is 3.01. The van der Waals surface area contributed by atoms with Gasteiger partial charge >= 0.3 is 12.1 Å². The second kappa shape index (κ2) is 9.74. The molecule has 2 atom stereocenters. The fourth-order valence-electron chi connectivity index (χ4n) is 1.86. The van der Waals surface area contributed by atoms with E-state index in [0.29, 0.717) is 0 Å². The summed E-state index contributed by atoms with van der Waals surface area (Å²) in [5, 5.41) is 2.62. The number of hydrogen-bond acceptors (Lipinski definition) is 4. The van der Waals surface area contributed by atoms with Gasteiger partial charge in [0.1, 0.15) is 0 Å². The van der Waals surface area contributed by atoms with Crippen LogP contribution in [0.25, 0.3) is 0 Å². The van der Waals surface area contributed by atoms with Crippen LogP contribution in [0.5, 0.6) is 0 Å². The minimum Gasteiger partial charge on any atom is -0.469 e. The molecule has 0 bridgehead atoms. The Hall–Kier alpha value is -1.26. The molecule has 0 aliphatic carbocycles. The monoisotopic (exact) mass is 259 g/mol. The number of amides is 1. The summed E-state index contributed by atoms with van der Waals surface area (Å²) in [5.41, 5.74) is 0. The molecule has 5 heteroatoms. The highest BCUT2D eigenvalue weighted by atomic mass is 16.5.